The quantitative estimate of drug-likeness (QED) is 0.380. The molecule has 9 heteroatoms. The second-order valence-corrected chi connectivity index (χ2v) is 9.58. The van der Waals surface area contributed by atoms with E-state index in [9.17, 15) is 9.59 Å². The van der Waals surface area contributed by atoms with Crippen molar-refractivity contribution in [2.24, 2.45) is 5.92 Å². The van der Waals surface area contributed by atoms with Crippen LogP contribution in [0.15, 0.2) is 53.7 Å². The standard InChI is InChI=1S/C27H31N7O2/c1-3-4-6-22-17-34(25-8-5-7-23(25)18(2)35)27(36)33(22)16-21-15-28-14-13-24(21)19-9-11-20(12-10-19)26-29-31-32-30-26/h9-15,17,23,25H,3-8,16H2,1-2H3,(H,29,30,31,32). The number of H-pyrrole nitrogens is 1. The Bertz CT molecular complexity index is 1390. The lowest BCUT2D eigenvalue weighted by Gasteiger charge is -2.17. The van der Waals surface area contributed by atoms with E-state index in [0.29, 0.717) is 12.4 Å². The van der Waals surface area contributed by atoms with Crippen LogP contribution in [0.1, 0.15) is 63.3 Å². The number of nitrogens with one attached hydrogen (secondary N) is 1. The lowest BCUT2D eigenvalue weighted by atomic mass is 9.99. The number of rotatable bonds is 9. The van der Waals surface area contributed by atoms with E-state index >= 15 is 0 Å². The average Bonchev–Trinajstić information content (AvgIpc) is 3.65. The van der Waals surface area contributed by atoms with Crippen LogP contribution < -0.4 is 5.69 Å². The molecule has 0 radical (unpaired) electrons. The van der Waals surface area contributed by atoms with Crippen molar-refractivity contribution in [3.63, 3.8) is 0 Å². The van der Waals surface area contributed by atoms with Gasteiger partial charge in [0.1, 0.15) is 5.78 Å². The van der Waals surface area contributed by atoms with Crippen LogP contribution in [-0.4, -0.2) is 40.5 Å². The molecule has 5 rings (SSSR count). The number of hydrogen-bond donors (Lipinski definition) is 1. The molecule has 0 aliphatic heterocycles. The van der Waals surface area contributed by atoms with Gasteiger partial charge < -0.3 is 0 Å². The summed E-state index contributed by atoms with van der Waals surface area (Å²) >= 11 is 0. The molecule has 3 heterocycles. The third-order valence-corrected chi connectivity index (χ3v) is 7.28. The maximum Gasteiger partial charge on any atom is 0.328 e. The van der Waals surface area contributed by atoms with Gasteiger partial charge >= 0.3 is 5.69 Å². The van der Waals surface area contributed by atoms with Crippen LogP contribution in [0.25, 0.3) is 22.5 Å². The fourth-order valence-electron chi connectivity index (χ4n) is 5.35. The van der Waals surface area contributed by atoms with Crippen molar-refractivity contribution in [1.29, 1.82) is 0 Å². The van der Waals surface area contributed by atoms with Crippen molar-refractivity contribution in [3.8, 4) is 22.5 Å². The van der Waals surface area contributed by atoms with Crippen LogP contribution in [0, 0.1) is 5.92 Å². The molecule has 9 nitrogen and oxygen atoms in total. The zero-order chi connectivity index (χ0) is 25.1. The first-order valence-electron chi connectivity index (χ1n) is 12.6. The summed E-state index contributed by atoms with van der Waals surface area (Å²) in [5.74, 6) is 0.705. The Balaban J connectivity index is 1.50. The van der Waals surface area contributed by atoms with Crippen LogP contribution in [0.5, 0.6) is 0 Å². The molecule has 0 spiro atoms. The highest BCUT2D eigenvalue weighted by atomic mass is 16.2. The predicted octanol–water partition coefficient (Wildman–Crippen LogP) is 4.21. The van der Waals surface area contributed by atoms with Crippen molar-refractivity contribution in [1.82, 2.24) is 34.7 Å². The molecule has 4 aromatic rings. The summed E-state index contributed by atoms with van der Waals surface area (Å²) in [5.41, 5.74) is 4.89. The summed E-state index contributed by atoms with van der Waals surface area (Å²) in [4.78, 5) is 30.3. The molecule has 0 bridgehead atoms. The van der Waals surface area contributed by atoms with E-state index in [4.69, 9.17) is 0 Å². The predicted molar refractivity (Wildman–Crippen MR) is 136 cm³/mol. The molecule has 186 valence electrons. The van der Waals surface area contributed by atoms with Crippen molar-refractivity contribution in [2.75, 3.05) is 0 Å². The van der Waals surface area contributed by atoms with E-state index in [2.05, 4.69) is 32.5 Å². The van der Waals surface area contributed by atoms with Crippen LogP contribution in [0.4, 0.5) is 0 Å². The number of aromatic nitrogens is 7. The monoisotopic (exact) mass is 485 g/mol. The van der Waals surface area contributed by atoms with Crippen molar-refractivity contribution in [2.45, 2.75) is 65.0 Å². The van der Waals surface area contributed by atoms with Gasteiger partial charge in [0.15, 0.2) is 5.82 Å². The second kappa shape index (κ2) is 10.4. The summed E-state index contributed by atoms with van der Waals surface area (Å²) in [6, 6.07) is 9.93. The molecule has 1 saturated carbocycles. The number of aromatic amines is 1. The molecule has 1 aliphatic rings. The molecule has 1 fully saturated rings. The number of ketones is 1. The van der Waals surface area contributed by atoms with Gasteiger partial charge in [-0.2, -0.15) is 0 Å². The smallest absolute Gasteiger partial charge is 0.300 e. The number of hydrogen-bond acceptors (Lipinski definition) is 6. The first-order valence-corrected chi connectivity index (χ1v) is 12.6. The topological polar surface area (TPSA) is 111 Å². The van der Waals surface area contributed by atoms with Gasteiger partial charge in [0.05, 0.1) is 6.54 Å². The van der Waals surface area contributed by atoms with Gasteiger partial charge in [0.25, 0.3) is 0 Å². The van der Waals surface area contributed by atoms with Crippen LogP contribution in [0.3, 0.4) is 0 Å². The molecule has 2 atom stereocenters. The fourth-order valence-corrected chi connectivity index (χ4v) is 5.35. The lowest BCUT2D eigenvalue weighted by molar-refractivity contribution is -0.121. The maximum absolute atomic E-state index is 13.7. The Labute approximate surface area is 209 Å². The highest BCUT2D eigenvalue weighted by Crippen LogP contribution is 2.36. The number of tetrazole rings is 1. The van der Waals surface area contributed by atoms with Crippen LogP contribution in [-0.2, 0) is 17.8 Å². The Morgan fingerprint density at radius 2 is 1.94 bits per heavy atom. The fraction of sp³-hybridized carbons (Fsp3) is 0.407. The van der Waals surface area contributed by atoms with E-state index in [-0.39, 0.29) is 23.4 Å². The van der Waals surface area contributed by atoms with Gasteiger partial charge in [-0.1, -0.05) is 44.0 Å². The normalized spacial score (nSPS) is 17.5. The van der Waals surface area contributed by atoms with Gasteiger partial charge in [-0.15, -0.1) is 5.10 Å². The zero-order valence-corrected chi connectivity index (χ0v) is 20.7. The van der Waals surface area contributed by atoms with E-state index in [1.165, 1.54) is 0 Å². The minimum Gasteiger partial charge on any atom is -0.300 e. The summed E-state index contributed by atoms with van der Waals surface area (Å²) in [7, 11) is 0. The Morgan fingerprint density at radius 3 is 2.67 bits per heavy atom. The highest BCUT2D eigenvalue weighted by molar-refractivity contribution is 5.79. The summed E-state index contributed by atoms with van der Waals surface area (Å²) in [6.45, 7) is 4.23. The van der Waals surface area contributed by atoms with Crippen molar-refractivity contribution >= 4 is 5.78 Å². The Morgan fingerprint density at radius 1 is 1.14 bits per heavy atom. The molecule has 3 aromatic heterocycles. The molecule has 1 N–H and O–H groups in total. The largest absolute Gasteiger partial charge is 0.328 e. The van der Waals surface area contributed by atoms with Crippen LogP contribution >= 0.6 is 0 Å². The van der Waals surface area contributed by atoms with Gasteiger partial charge in [-0.05, 0) is 65.8 Å². The van der Waals surface area contributed by atoms with Gasteiger partial charge in [0, 0.05) is 41.8 Å². The SMILES string of the molecule is CCCCc1cn(C2CCCC2C(C)=O)c(=O)n1Cc1cnccc1-c1ccc(-c2nnn[nH]2)cc1. The maximum atomic E-state index is 13.7. The number of nitrogens with zero attached hydrogens (tertiary/aromatic N) is 6. The molecule has 0 saturated heterocycles. The molecular formula is C27H31N7O2. The number of unbranched alkanes of at least 4 members (excludes halogenated alkanes) is 1. The number of imidazole rings is 1. The van der Waals surface area contributed by atoms with E-state index < -0.39 is 0 Å². The second-order valence-electron chi connectivity index (χ2n) is 9.58. The van der Waals surface area contributed by atoms with Crippen LogP contribution in [0.2, 0.25) is 0 Å². The molecule has 0 amide bonds. The number of carbonyl (C=O) groups excluding carboxylic acids is 1. The first kappa shape index (κ1) is 23.8. The van der Waals surface area contributed by atoms with Gasteiger partial charge in [0.2, 0.25) is 0 Å². The van der Waals surface area contributed by atoms with E-state index in [0.717, 1.165) is 66.5 Å². The number of pyridine rings is 1. The van der Waals surface area contributed by atoms with Crippen molar-refractivity contribution < 1.29 is 4.79 Å². The average molecular weight is 486 g/mol. The lowest BCUT2D eigenvalue weighted by Crippen LogP contribution is -2.31. The first-order chi connectivity index (χ1) is 17.6. The Hall–Kier alpha value is -3.88. The molecular weight excluding hydrogens is 454 g/mol. The summed E-state index contributed by atoms with van der Waals surface area (Å²) in [5, 5.41) is 14.0. The zero-order valence-electron chi connectivity index (χ0n) is 20.7. The molecule has 1 aliphatic carbocycles. The van der Waals surface area contributed by atoms with Crippen molar-refractivity contribution in [3.05, 3.63) is 70.7 Å². The number of aryl methyl sites for hydroxylation is 1. The van der Waals surface area contributed by atoms with E-state index in [1.807, 2.05) is 51.9 Å². The molecule has 2 unspecified atom stereocenters. The minimum atomic E-state index is -0.0791. The third-order valence-electron chi connectivity index (χ3n) is 7.28. The van der Waals surface area contributed by atoms with E-state index in [1.54, 1.807) is 13.1 Å². The molecule has 1 aromatic carbocycles. The van der Waals surface area contributed by atoms with Gasteiger partial charge in [-0.25, -0.2) is 9.89 Å². The number of carbonyl (C=O) groups is 1. The van der Waals surface area contributed by atoms with Gasteiger partial charge in [-0.3, -0.25) is 18.9 Å². The number of benzene rings is 1. The minimum absolute atomic E-state index is 0.0396. The summed E-state index contributed by atoms with van der Waals surface area (Å²) < 4.78 is 3.71. The number of Topliss-reactive ketones (excluding diaryl/α,β-unsaturated/α-hetero) is 1. The summed E-state index contributed by atoms with van der Waals surface area (Å²) in [6.07, 6.45) is 11.2. The highest BCUT2D eigenvalue weighted by Gasteiger charge is 2.33. The third kappa shape index (κ3) is 4.65. The Kier molecular flexibility index (Phi) is 6.88. The molecule has 36 heavy (non-hydrogen) atoms.